The first kappa shape index (κ1) is 18.9. The zero-order valence-electron chi connectivity index (χ0n) is 15.2. The van der Waals surface area contributed by atoms with Crippen molar-refractivity contribution >= 4 is 17.4 Å². The molecule has 3 heterocycles. The van der Waals surface area contributed by atoms with Crippen LogP contribution in [0.4, 0.5) is 18.9 Å². The van der Waals surface area contributed by atoms with Crippen LogP contribution in [0.25, 0.3) is 0 Å². The van der Waals surface area contributed by atoms with Gasteiger partial charge in [-0.1, -0.05) is 12.1 Å². The summed E-state index contributed by atoms with van der Waals surface area (Å²) in [5.41, 5.74) is 0.174. The number of aromatic nitrogens is 4. The van der Waals surface area contributed by atoms with Crippen molar-refractivity contribution in [3.05, 3.63) is 65.5 Å². The zero-order chi connectivity index (χ0) is 20.8. The van der Waals surface area contributed by atoms with E-state index in [0.29, 0.717) is 12.0 Å². The molecule has 0 spiro atoms. The number of carbonyl (C=O) groups is 2. The number of halogens is 3. The normalized spacial score (nSPS) is 19.1. The molecule has 0 fully saturated rings. The first-order valence-electron chi connectivity index (χ1n) is 8.85. The number of amides is 1. The number of aromatic amines is 1. The number of ketones is 1. The number of imidazole rings is 1. The number of alkyl halides is 3. The number of benzene rings is 1. The van der Waals surface area contributed by atoms with Crippen LogP contribution in [0.3, 0.4) is 0 Å². The topological polar surface area (TPSA) is 92.7 Å². The number of fused-ring (bicyclic) bond motifs is 1. The Bertz CT molecular complexity index is 1050. The lowest BCUT2D eigenvalue weighted by Gasteiger charge is -2.28. The minimum absolute atomic E-state index is 0.0838. The predicted octanol–water partition coefficient (Wildman–Crippen LogP) is 3.81. The Balaban J connectivity index is 1.64. The Morgan fingerprint density at radius 2 is 2.00 bits per heavy atom. The van der Waals surface area contributed by atoms with Gasteiger partial charge < -0.3 is 10.3 Å². The largest absolute Gasteiger partial charge is 0.416 e. The van der Waals surface area contributed by atoms with Gasteiger partial charge in [-0.15, -0.1) is 0 Å². The van der Waals surface area contributed by atoms with Crippen LogP contribution in [0, 0.1) is 0 Å². The van der Waals surface area contributed by atoms with Crippen molar-refractivity contribution in [1.82, 2.24) is 19.7 Å². The van der Waals surface area contributed by atoms with Gasteiger partial charge in [0.2, 0.25) is 0 Å². The summed E-state index contributed by atoms with van der Waals surface area (Å²) in [7, 11) is 0. The molecule has 2 aromatic heterocycles. The maximum atomic E-state index is 13.1. The molecular weight excluding hydrogens is 387 g/mol. The molecular formula is C19H16F3N5O2. The molecule has 1 amide bonds. The van der Waals surface area contributed by atoms with Gasteiger partial charge >= 0.3 is 6.18 Å². The Morgan fingerprint density at radius 3 is 2.62 bits per heavy atom. The number of H-pyrrole nitrogens is 1. The lowest BCUT2D eigenvalue weighted by molar-refractivity contribution is -0.137. The highest BCUT2D eigenvalue weighted by molar-refractivity contribution is 6.09. The van der Waals surface area contributed by atoms with Crippen molar-refractivity contribution in [2.24, 2.45) is 0 Å². The number of nitrogens with zero attached hydrogens (tertiary/aromatic N) is 3. The van der Waals surface area contributed by atoms with E-state index in [1.807, 2.05) is 6.92 Å². The number of hydrogen-bond donors (Lipinski definition) is 2. The van der Waals surface area contributed by atoms with E-state index in [-0.39, 0.29) is 29.0 Å². The highest BCUT2D eigenvalue weighted by Crippen LogP contribution is 2.39. The summed E-state index contributed by atoms with van der Waals surface area (Å²) in [6, 6.07) is 4.41. The number of carbonyl (C=O) groups excluding carboxylic acids is 2. The van der Waals surface area contributed by atoms with Crippen LogP contribution < -0.4 is 5.32 Å². The van der Waals surface area contributed by atoms with E-state index in [1.54, 1.807) is 0 Å². The number of anilines is 1. The first-order chi connectivity index (χ1) is 13.8. The van der Waals surface area contributed by atoms with Crippen molar-refractivity contribution in [2.45, 2.75) is 31.5 Å². The van der Waals surface area contributed by atoms with E-state index >= 15 is 0 Å². The van der Waals surface area contributed by atoms with Crippen molar-refractivity contribution in [3.63, 3.8) is 0 Å². The summed E-state index contributed by atoms with van der Waals surface area (Å²) in [5, 5.41) is 6.82. The molecule has 0 aliphatic carbocycles. The molecule has 7 nitrogen and oxygen atoms in total. The van der Waals surface area contributed by atoms with Gasteiger partial charge in [0.25, 0.3) is 5.91 Å². The van der Waals surface area contributed by atoms with Crippen LogP contribution in [0.2, 0.25) is 0 Å². The summed E-state index contributed by atoms with van der Waals surface area (Å²) < 4.78 is 40.0. The maximum absolute atomic E-state index is 13.1. The summed E-state index contributed by atoms with van der Waals surface area (Å²) >= 11 is 0. The highest BCUT2D eigenvalue weighted by atomic mass is 19.4. The number of nitrogens with one attached hydrogen (secondary N) is 2. The van der Waals surface area contributed by atoms with Crippen LogP contribution >= 0.6 is 0 Å². The smallest absolute Gasteiger partial charge is 0.341 e. The van der Waals surface area contributed by atoms with Crippen LogP contribution in [0.15, 0.2) is 42.9 Å². The van der Waals surface area contributed by atoms with Crippen molar-refractivity contribution in [3.8, 4) is 0 Å². The highest BCUT2D eigenvalue weighted by Gasteiger charge is 2.37. The summed E-state index contributed by atoms with van der Waals surface area (Å²) in [6.45, 7) is 1.86. The SMILES string of the molecule is C[C@H]1CC(c2ccc(C(F)(F)F)cc2)C(=O)c2c(NC(=O)c3ncc[nH]3)cnn21. The van der Waals surface area contributed by atoms with E-state index in [4.69, 9.17) is 0 Å². The Kier molecular flexibility index (Phi) is 4.48. The minimum Gasteiger partial charge on any atom is -0.341 e. The van der Waals surface area contributed by atoms with Crippen molar-refractivity contribution in [2.75, 3.05) is 5.32 Å². The van der Waals surface area contributed by atoms with Crippen molar-refractivity contribution < 1.29 is 22.8 Å². The standard InChI is InChI=1S/C19H16F3N5O2/c1-10-8-13(11-2-4-12(5-3-11)19(20,21)22)16(28)15-14(9-25-27(10)15)26-18(29)17-23-6-7-24-17/h2-7,9-10,13H,8H2,1H3,(H,23,24)(H,26,29)/t10-,13?/m0/s1. The molecule has 29 heavy (non-hydrogen) atoms. The lowest BCUT2D eigenvalue weighted by Crippen LogP contribution is -2.29. The first-order valence-corrected chi connectivity index (χ1v) is 8.85. The quantitative estimate of drug-likeness (QED) is 0.696. The Labute approximate surface area is 162 Å². The van der Waals surface area contributed by atoms with Crippen LogP contribution in [-0.2, 0) is 6.18 Å². The van der Waals surface area contributed by atoms with Gasteiger partial charge in [0, 0.05) is 12.4 Å². The molecule has 2 atom stereocenters. The monoisotopic (exact) mass is 403 g/mol. The van der Waals surface area contributed by atoms with Gasteiger partial charge in [-0.05, 0) is 31.0 Å². The fourth-order valence-electron chi connectivity index (χ4n) is 3.51. The third kappa shape index (κ3) is 3.41. The number of Topliss-reactive ketones (excluding diaryl/α,β-unsaturated/α-hetero) is 1. The summed E-state index contributed by atoms with van der Waals surface area (Å²) in [4.78, 5) is 31.9. The van der Waals surface area contributed by atoms with Gasteiger partial charge in [-0.2, -0.15) is 18.3 Å². The second-order valence-electron chi connectivity index (χ2n) is 6.86. The average Bonchev–Trinajstić information content (AvgIpc) is 3.34. The third-order valence-corrected chi connectivity index (χ3v) is 4.94. The second kappa shape index (κ2) is 6.87. The average molecular weight is 403 g/mol. The fourth-order valence-corrected chi connectivity index (χ4v) is 3.51. The number of hydrogen-bond acceptors (Lipinski definition) is 4. The molecule has 1 aromatic carbocycles. The Hall–Kier alpha value is -3.43. The van der Waals surface area contributed by atoms with E-state index in [1.165, 1.54) is 35.4 Å². The zero-order valence-corrected chi connectivity index (χ0v) is 15.2. The van der Waals surface area contributed by atoms with Gasteiger partial charge in [0.15, 0.2) is 11.6 Å². The minimum atomic E-state index is -4.44. The molecule has 2 N–H and O–H groups in total. The maximum Gasteiger partial charge on any atom is 0.416 e. The van der Waals surface area contributed by atoms with E-state index in [9.17, 15) is 22.8 Å². The predicted molar refractivity (Wildman–Crippen MR) is 96.6 cm³/mol. The van der Waals surface area contributed by atoms with Gasteiger partial charge in [-0.3, -0.25) is 14.3 Å². The molecule has 0 bridgehead atoms. The lowest BCUT2D eigenvalue weighted by atomic mass is 9.84. The third-order valence-electron chi connectivity index (χ3n) is 4.94. The van der Waals surface area contributed by atoms with Crippen molar-refractivity contribution in [1.29, 1.82) is 0 Å². The van der Waals surface area contributed by atoms with Gasteiger partial charge in [0.1, 0.15) is 5.69 Å². The molecule has 1 aliphatic rings. The summed E-state index contributed by atoms with van der Waals surface area (Å²) in [5.74, 6) is -1.38. The molecule has 0 radical (unpaired) electrons. The molecule has 1 unspecified atom stereocenters. The van der Waals surface area contributed by atoms with Crippen LogP contribution in [0.1, 0.15) is 57.5 Å². The molecule has 1 aliphatic heterocycles. The molecule has 0 saturated carbocycles. The fraction of sp³-hybridized carbons (Fsp3) is 0.263. The second-order valence-corrected chi connectivity index (χ2v) is 6.86. The van der Waals surface area contributed by atoms with Gasteiger partial charge in [0.05, 0.1) is 29.4 Å². The molecule has 150 valence electrons. The number of rotatable bonds is 3. The molecule has 0 saturated heterocycles. The van der Waals surface area contributed by atoms with E-state index in [2.05, 4.69) is 20.4 Å². The van der Waals surface area contributed by atoms with Crippen LogP contribution in [0.5, 0.6) is 0 Å². The molecule has 10 heteroatoms. The van der Waals surface area contributed by atoms with Crippen LogP contribution in [-0.4, -0.2) is 31.4 Å². The van der Waals surface area contributed by atoms with E-state index < -0.39 is 23.6 Å². The van der Waals surface area contributed by atoms with E-state index in [0.717, 1.165) is 12.1 Å². The van der Waals surface area contributed by atoms with Gasteiger partial charge in [-0.25, -0.2) is 4.98 Å². The molecule has 3 aromatic rings. The summed E-state index contributed by atoms with van der Waals surface area (Å²) in [6.07, 6.45) is 0.265. The Morgan fingerprint density at radius 1 is 1.28 bits per heavy atom. The molecule has 4 rings (SSSR count).